The summed E-state index contributed by atoms with van der Waals surface area (Å²) in [6.07, 6.45) is 0. The smallest absolute Gasteiger partial charge is 0.324 e. The van der Waals surface area contributed by atoms with E-state index in [0.717, 1.165) is 0 Å². The summed E-state index contributed by atoms with van der Waals surface area (Å²) in [6.45, 7) is -0.248. The Bertz CT molecular complexity index is 171. The second-order valence-corrected chi connectivity index (χ2v) is 2.16. The average molecular weight is 176 g/mol. The van der Waals surface area contributed by atoms with Gasteiger partial charge in [0.05, 0.1) is 6.54 Å². The maximum Gasteiger partial charge on any atom is 0.324 e. The Balaban J connectivity index is 3.54. The Morgan fingerprint density at radius 2 is 2.25 bits per heavy atom. The van der Waals surface area contributed by atoms with Crippen molar-refractivity contribution in [2.75, 3.05) is 20.2 Å². The van der Waals surface area contributed by atoms with E-state index in [1.807, 2.05) is 0 Å². The van der Waals surface area contributed by atoms with E-state index in [-0.39, 0.29) is 13.2 Å². The molecular formula is C6H12N2O4. The summed E-state index contributed by atoms with van der Waals surface area (Å²) in [5.74, 6) is -1.71. The minimum atomic E-state index is -1.19. The quantitative estimate of drug-likeness (QED) is 0.425. The lowest BCUT2D eigenvalue weighted by Gasteiger charge is -2.06. The van der Waals surface area contributed by atoms with E-state index < -0.39 is 18.0 Å². The van der Waals surface area contributed by atoms with Crippen molar-refractivity contribution in [3.8, 4) is 0 Å². The van der Waals surface area contributed by atoms with Gasteiger partial charge >= 0.3 is 11.9 Å². The maximum atomic E-state index is 10.6. The second kappa shape index (κ2) is 5.50. The zero-order valence-electron chi connectivity index (χ0n) is 6.74. The number of carbonyl (C=O) groups excluding carboxylic acids is 1. The fourth-order valence-corrected chi connectivity index (χ4v) is 0.449. The molecule has 0 aliphatic rings. The van der Waals surface area contributed by atoms with Gasteiger partial charge in [0.15, 0.2) is 0 Å². The van der Waals surface area contributed by atoms with Crippen LogP contribution in [0, 0.1) is 0 Å². The highest BCUT2D eigenvalue weighted by atomic mass is 16.5. The molecule has 0 aromatic carbocycles. The lowest BCUT2D eigenvalue weighted by molar-refractivity contribution is -0.147. The molecule has 6 heteroatoms. The summed E-state index contributed by atoms with van der Waals surface area (Å²) in [5.41, 5.74) is 5.06. The Morgan fingerprint density at radius 3 is 2.67 bits per heavy atom. The third-order valence-corrected chi connectivity index (χ3v) is 1.06. The largest absolute Gasteiger partial charge is 0.480 e. The van der Waals surface area contributed by atoms with Crippen molar-refractivity contribution in [3.63, 3.8) is 0 Å². The minimum absolute atomic E-state index is 0.0480. The van der Waals surface area contributed by atoms with Crippen LogP contribution in [0.3, 0.4) is 0 Å². The van der Waals surface area contributed by atoms with Gasteiger partial charge in [-0.3, -0.25) is 9.59 Å². The number of esters is 1. The Morgan fingerprint density at radius 1 is 1.67 bits per heavy atom. The molecule has 0 spiro atoms. The van der Waals surface area contributed by atoms with Crippen LogP contribution in [0.5, 0.6) is 0 Å². The summed E-state index contributed by atoms with van der Waals surface area (Å²) in [4.78, 5) is 20.8. The number of carboxylic acid groups (broad SMARTS) is 1. The van der Waals surface area contributed by atoms with Crippen LogP contribution in [0.1, 0.15) is 0 Å². The normalized spacial score (nSPS) is 12.2. The fourth-order valence-electron chi connectivity index (χ4n) is 0.449. The molecule has 70 valence electrons. The molecule has 12 heavy (non-hydrogen) atoms. The number of hydrogen-bond acceptors (Lipinski definition) is 5. The van der Waals surface area contributed by atoms with Gasteiger partial charge in [-0.05, 0) is 7.05 Å². The van der Waals surface area contributed by atoms with Crippen LogP contribution >= 0.6 is 0 Å². The molecule has 1 atom stereocenters. The molecule has 4 N–H and O–H groups in total. The van der Waals surface area contributed by atoms with E-state index >= 15 is 0 Å². The van der Waals surface area contributed by atoms with E-state index in [9.17, 15) is 9.59 Å². The fraction of sp³-hybridized carbons (Fsp3) is 0.667. The molecule has 0 fully saturated rings. The first kappa shape index (κ1) is 10.9. The maximum absolute atomic E-state index is 10.6. The highest BCUT2D eigenvalue weighted by Crippen LogP contribution is 1.82. The van der Waals surface area contributed by atoms with Gasteiger partial charge in [-0.2, -0.15) is 0 Å². The summed E-state index contributed by atoms with van der Waals surface area (Å²) in [6, 6.07) is -1.15. The summed E-state index contributed by atoms with van der Waals surface area (Å²) in [5, 5.41) is 10.9. The molecule has 0 rings (SSSR count). The predicted molar refractivity (Wildman–Crippen MR) is 40.5 cm³/mol. The molecule has 0 aliphatic heterocycles. The van der Waals surface area contributed by atoms with Gasteiger partial charge < -0.3 is 20.9 Å². The third-order valence-electron chi connectivity index (χ3n) is 1.06. The van der Waals surface area contributed by atoms with Crippen molar-refractivity contribution in [1.29, 1.82) is 0 Å². The van der Waals surface area contributed by atoms with Crippen molar-refractivity contribution in [1.82, 2.24) is 5.32 Å². The zero-order chi connectivity index (χ0) is 9.56. The number of rotatable bonds is 5. The highest BCUT2D eigenvalue weighted by Gasteiger charge is 2.13. The molecular weight excluding hydrogens is 164 g/mol. The Labute approximate surface area is 69.7 Å². The molecule has 0 heterocycles. The first-order chi connectivity index (χ1) is 5.57. The van der Waals surface area contributed by atoms with Gasteiger partial charge in [0.2, 0.25) is 0 Å². The van der Waals surface area contributed by atoms with Crippen molar-refractivity contribution in [3.05, 3.63) is 0 Å². The molecule has 0 bridgehead atoms. The molecule has 0 unspecified atom stereocenters. The number of hydrogen-bond donors (Lipinski definition) is 3. The predicted octanol–water partition coefficient (Wildman–Crippen LogP) is -1.84. The molecule has 0 radical (unpaired) electrons. The van der Waals surface area contributed by atoms with E-state index in [1.165, 1.54) is 0 Å². The minimum Gasteiger partial charge on any atom is -0.480 e. The van der Waals surface area contributed by atoms with Crippen LogP contribution in [-0.2, 0) is 14.3 Å². The van der Waals surface area contributed by atoms with Gasteiger partial charge in [0.1, 0.15) is 12.6 Å². The highest BCUT2D eigenvalue weighted by molar-refractivity contribution is 5.75. The number of ether oxygens (including phenoxy) is 1. The molecule has 0 aromatic heterocycles. The number of nitrogens with two attached hydrogens (primary N) is 1. The van der Waals surface area contributed by atoms with E-state index in [4.69, 9.17) is 10.8 Å². The number of carboxylic acids is 1. The van der Waals surface area contributed by atoms with Gasteiger partial charge in [-0.15, -0.1) is 0 Å². The van der Waals surface area contributed by atoms with Crippen molar-refractivity contribution >= 4 is 11.9 Å². The monoisotopic (exact) mass is 176 g/mol. The van der Waals surface area contributed by atoms with Gasteiger partial charge in [-0.1, -0.05) is 0 Å². The molecule has 0 saturated carbocycles. The van der Waals surface area contributed by atoms with E-state index in [2.05, 4.69) is 10.1 Å². The summed E-state index contributed by atoms with van der Waals surface area (Å²) >= 11 is 0. The molecule has 0 amide bonds. The second-order valence-electron chi connectivity index (χ2n) is 2.16. The Kier molecular flexibility index (Phi) is 4.98. The SMILES string of the molecule is CNCC(=O)OC[C@H](N)C(=O)O. The summed E-state index contributed by atoms with van der Waals surface area (Å²) < 4.78 is 4.50. The average Bonchev–Trinajstić information content (AvgIpc) is 2.00. The van der Waals surface area contributed by atoms with Crippen LogP contribution < -0.4 is 11.1 Å². The van der Waals surface area contributed by atoms with Gasteiger partial charge in [-0.25, -0.2) is 0 Å². The van der Waals surface area contributed by atoms with E-state index in [1.54, 1.807) is 7.05 Å². The van der Waals surface area contributed by atoms with Crippen LogP contribution in [0.25, 0.3) is 0 Å². The van der Waals surface area contributed by atoms with Crippen molar-refractivity contribution in [2.45, 2.75) is 6.04 Å². The zero-order valence-corrected chi connectivity index (χ0v) is 6.74. The lowest BCUT2D eigenvalue weighted by Crippen LogP contribution is -2.36. The molecule has 6 nitrogen and oxygen atoms in total. The first-order valence-electron chi connectivity index (χ1n) is 3.36. The topological polar surface area (TPSA) is 102 Å². The van der Waals surface area contributed by atoms with Crippen molar-refractivity contribution in [2.24, 2.45) is 5.73 Å². The third kappa shape index (κ3) is 4.64. The molecule has 0 aromatic rings. The van der Waals surface area contributed by atoms with Gasteiger partial charge in [0.25, 0.3) is 0 Å². The lowest BCUT2D eigenvalue weighted by atomic mass is 10.3. The number of aliphatic carboxylic acids is 1. The first-order valence-corrected chi connectivity index (χ1v) is 3.36. The number of nitrogens with one attached hydrogen (secondary N) is 1. The van der Waals surface area contributed by atoms with Gasteiger partial charge in [0, 0.05) is 0 Å². The summed E-state index contributed by atoms with van der Waals surface area (Å²) in [7, 11) is 1.58. The van der Waals surface area contributed by atoms with Crippen LogP contribution in [-0.4, -0.2) is 43.3 Å². The van der Waals surface area contributed by atoms with Crippen LogP contribution in [0.2, 0.25) is 0 Å². The standard InChI is InChI=1S/C6H12N2O4/c1-8-2-5(9)12-3-4(7)6(10)11/h4,8H,2-3,7H2,1H3,(H,10,11)/t4-/m0/s1. The van der Waals surface area contributed by atoms with E-state index in [0.29, 0.717) is 0 Å². The van der Waals surface area contributed by atoms with Crippen LogP contribution in [0.15, 0.2) is 0 Å². The number of carbonyl (C=O) groups is 2. The molecule has 0 saturated heterocycles. The Hall–Kier alpha value is -1.14. The molecule has 0 aliphatic carbocycles. The van der Waals surface area contributed by atoms with Crippen molar-refractivity contribution < 1.29 is 19.4 Å². The van der Waals surface area contributed by atoms with Crippen LogP contribution in [0.4, 0.5) is 0 Å². The number of likely N-dealkylation sites (N-methyl/N-ethyl adjacent to an activating group) is 1.